The Morgan fingerprint density at radius 1 is 1.09 bits per heavy atom. The summed E-state index contributed by atoms with van der Waals surface area (Å²) < 4.78 is 0.992. The summed E-state index contributed by atoms with van der Waals surface area (Å²) in [6, 6.07) is 4.42. The molecule has 0 bridgehead atoms. The van der Waals surface area contributed by atoms with Gasteiger partial charge in [-0.15, -0.1) is 0 Å². The molecule has 0 saturated carbocycles. The Labute approximate surface area is 223 Å². The Morgan fingerprint density at radius 2 is 1.76 bits per heavy atom. The first-order valence-corrected chi connectivity index (χ1v) is 15.0. The molecule has 0 radical (unpaired) electrons. The van der Waals surface area contributed by atoms with E-state index in [-0.39, 0.29) is 0 Å². The van der Waals surface area contributed by atoms with Crippen LogP contribution in [0.25, 0.3) is 0 Å². The molecular weight excluding hydrogens is 562 g/mol. The van der Waals surface area contributed by atoms with Gasteiger partial charge < -0.3 is 10.2 Å². The molecule has 1 atom stereocenters. The van der Waals surface area contributed by atoms with Crippen molar-refractivity contribution in [3.63, 3.8) is 0 Å². The number of nitrogens with one attached hydrogen (secondary N) is 1. The van der Waals surface area contributed by atoms with Crippen LogP contribution in [0.4, 0.5) is 0 Å². The number of alkyl halides is 1. The number of nitrogens with zero attached hydrogens (tertiary/aromatic N) is 2. The van der Waals surface area contributed by atoms with Crippen LogP contribution in [-0.2, 0) is 6.42 Å². The fourth-order valence-electron chi connectivity index (χ4n) is 5.74. The normalized spacial score (nSPS) is 23.3. The summed E-state index contributed by atoms with van der Waals surface area (Å²) >= 11 is 13.7. The zero-order valence-corrected chi connectivity index (χ0v) is 24.4. The second-order valence-electron chi connectivity index (χ2n) is 9.37. The molecular formula is C27H40Br2ClN3. The molecule has 0 amide bonds. The number of fused-ring (bicyclic) bond motifs is 1. The number of hydrogen-bond acceptors (Lipinski definition) is 3. The Kier molecular flexibility index (Phi) is 11.4. The number of aryl methyl sites for hydroxylation is 1. The zero-order chi connectivity index (χ0) is 23.8. The van der Waals surface area contributed by atoms with Crippen molar-refractivity contribution in [3.05, 3.63) is 44.0 Å². The maximum Gasteiger partial charge on any atom is 0.0551 e. The molecule has 3 aliphatic rings. The maximum atomic E-state index is 6.47. The Balaban J connectivity index is 0.00000149. The van der Waals surface area contributed by atoms with Crippen LogP contribution in [-0.4, -0.2) is 49.2 Å². The monoisotopic (exact) mass is 599 g/mol. The van der Waals surface area contributed by atoms with Crippen molar-refractivity contribution in [1.82, 2.24) is 10.2 Å². The van der Waals surface area contributed by atoms with E-state index in [0.29, 0.717) is 5.92 Å². The minimum Gasteiger partial charge on any atom is -0.317 e. The maximum absolute atomic E-state index is 6.47. The van der Waals surface area contributed by atoms with E-state index in [0.717, 1.165) is 46.0 Å². The van der Waals surface area contributed by atoms with Gasteiger partial charge in [-0.2, -0.15) is 0 Å². The molecule has 1 aliphatic carbocycles. The van der Waals surface area contributed by atoms with Crippen molar-refractivity contribution in [2.45, 2.75) is 65.2 Å². The third-order valence-corrected chi connectivity index (χ3v) is 9.00. The van der Waals surface area contributed by atoms with Crippen molar-refractivity contribution in [3.8, 4) is 0 Å². The first-order chi connectivity index (χ1) is 16.1. The third kappa shape index (κ3) is 7.16. The van der Waals surface area contributed by atoms with Crippen LogP contribution in [0, 0.1) is 11.8 Å². The molecule has 2 fully saturated rings. The van der Waals surface area contributed by atoms with Gasteiger partial charge >= 0.3 is 0 Å². The summed E-state index contributed by atoms with van der Waals surface area (Å²) in [5, 5.41) is 5.12. The molecule has 0 aromatic heterocycles. The first-order valence-electron chi connectivity index (χ1n) is 12.8. The second kappa shape index (κ2) is 13.8. The Morgan fingerprint density at radius 3 is 2.42 bits per heavy atom. The number of aliphatic imine (C=N–C) groups is 1. The lowest BCUT2D eigenvalue weighted by atomic mass is 9.79. The van der Waals surface area contributed by atoms with E-state index in [1.165, 1.54) is 74.3 Å². The highest BCUT2D eigenvalue weighted by atomic mass is 79.9. The fourth-order valence-corrected chi connectivity index (χ4v) is 6.43. The molecule has 1 aromatic carbocycles. The van der Waals surface area contributed by atoms with Gasteiger partial charge in [0, 0.05) is 34.2 Å². The molecule has 2 heterocycles. The lowest BCUT2D eigenvalue weighted by molar-refractivity contribution is 0.128. The molecule has 2 saturated heterocycles. The van der Waals surface area contributed by atoms with Crippen LogP contribution in [0.3, 0.4) is 0 Å². The number of piperidine rings is 2. The Hall–Kier alpha value is -0.200. The summed E-state index contributed by atoms with van der Waals surface area (Å²) in [6.07, 6.45) is 9.51. The average Bonchev–Trinajstić information content (AvgIpc) is 2.97. The van der Waals surface area contributed by atoms with Crippen molar-refractivity contribution < 1.29 is 0 Å². The number of allylic oxidation sites excluding steroid dienone is 1. The highest BCUT2D eigenvalue weighted by Gasteiger charge is 2.31. The molecule has 2 aliphatic heterocycles. The highest BCUT2D eigenvalue weighted by molar-refractivity contribution is 9.10. The van der Waals surface area contributed by atoms with Gasteiger partial charge in [0.15, 0.2) is 0 Å². The van der Waals surface area contributed by atoms with Gasteiger partial charge in [0.2, 0.25) is 0 Å². The van der Waals surface area contributed by atoms with E-state index in [4.69, 9.17) is 16.6 Å². The number of rotatable bonds is 5. The standard InChI is InChI=1S/C25H34Br2ClN3.C2H6/c1-17-2-3-20-14-24(28)23(27)15-21(20)22(25(17)30-11-8-26)16-31-12-6-19(7-13-31)18-4-9-29-10-5-18;1-2/h11,14-15,18-19,22,29H,2-10,12-13,16H2,1H3;1-2H3. The van der Waals surface area contributed by atoms with Crippen LogP contribution in [0.5, 0.6) is 0 Å². The molecule has 3 nitrogen and oxygen atoms in total. The number of benzene rings is 1. The van der Waals surface area contributed by atoms with E-state index < -0.39 is 0 Å². The van der Waals surface area contributed by atoms with Crippen molar-refractivity contribution in [1.29, 1.82) is 0 Å². The summed E-state index contributed by atoms with van der Waals surface area (Å²) in [4.78, 5) is 7.65. The smallest absolute Gasteiger partial charge is 0.0551 e. The summed E-state index contributed by atoms with van der Waals surface area (Å²) in [5.74, 6) is 2.15. The molecule has 184 valence electrons. The SMILES string of the molecule is CC.CC1=C(N=CCBr)C(CN2CCC(C3CCNCC3)CC2)c2cc(Br)c(Cl)cc2CC1. The zero-order valence-electron chi connectivity index (χ0n) is 20.5. The van der Waals surface area contributed by atoms with Gasteiger partial charge in [0.1, 0.15) is 0 Å². The topological polar surface area (TPSA) is 27.6 Å². The lowest BCUT2D eigenvalue weighted by Gasteiger charge is -2.39. The number of likely N-dealkylation sites (tertiary alicyclic amines) is 1. The van der Waals surface area contributed by atoms with Crippen LogP contribution in [0.1, 0.15) is 69.9 Å². The number of halogens is 3. The molecule has 1 unspecified atom stereocenters. The second-order valence-corrected chi connectivity index (χ2v) is 11.3. The van der Waals surface area contributed by atoms with E-state index in [9.17, 15) is 0 Å². The highest BCUT2D eigenvalue weighted by Crippen LogP contribution is 2.40. The van der Waals surface area contributed by atoms with Gasteiger partial charge in [0.25, 0.3) is 0 Å². The predicted octanol–water partition coefficient (Wildman–Crippen LogP) is 7.61. The quantitative estimate of drug-likeness (QED) is 0.278. The van der Waals surface area contributed by atoms with Crippen LogP contribution in [0.2, 0.25) is 5.02 Å². The average molecular weight is 602 g/mol. The van der Waals surface area contributed by atoms with Gasteiger partial charge in [-0.25, -0.2) is 0 Å². The van der Waals surface area contributed by atoms with E-state index >= 15 is 0 Å². The largest absolute Gasteiger partial charge is 0.317 e. The minimum absolute atomic E-state index is 0.303. The van der Waals surface area contributed by atoms with Gasteiger partial charge in [-0.05, 0) is 123 Å². The summed E-state index contributed by atoms with van der Waals surface area (Å²) in [6.45, 7) is 12.2. The van der Waals surface area contributed by atoms with E-state index in [1.54, 1.807) is 0 Å². The van der Waals surface area contributed by atoms with Crippen LogP contribution in [0.15, 0.2) is 32.9 Å². The summed E-state index contributed by atoms with van der Waals surface area (Å²) in [7, 11) is 0. The fraction of sp³-hybridized carbons (Fsp3) is 0.667. The summed E-state index contributed by atoms with van der Waals surface area (Å²) in [5.41, 5.74) is 5.45. The van der Waals surface area contributed by atoms with Gasteiger partial charge in [0.05, 0.1) is 5.02 Å². The molecule has 6 heteroatoms. The minimum atomic E-state index is 0.303. The van der Waals surface area contributed by atoms with Crippen molar-refractivity contribution in [2.24, 2.45) is 16.8 Å². The molecule has 1 N–H and O–H groups in total. The van der Waals surface area contributed by atoms with Crippen molar-refractivity contribution >= 4 is 49.7 Å². The predicted molar refractivity (Wildman–Crippen MR) is 151 cm³/mol. The van der Waals surface area contributed by atoms with Crippen molar-refractivity contribution in [2.75, 3.05) is 38.1 Å². The van der Waals surface area contributed by atoms with Crippen LogP contribution >= 0.6 is 43.5 Å². The van der Waals surface area contributed by atoms with Crippen LogP contribution < -0.4 is 5.32 Å². The molecule has 1 aromatic rings. The van der Waals surface area contributed by atoms with Gasteiger partial charge in [-0.3, -0.25) is 4.99 Å². The Bertz CT molecular complexity index is 825. The third-order valence-electron chi connectivity index (χ3n) is 7.52. The lowest BCUT2D eigenvalue weighted by Crippen LogP contribution is -2.41. The first kappa shape index (κ1) is 27.4. The van der Waals surface area contributed by atoms with Gasteiger partial charge in [-0.1, -0.05) is 47.0 Å². The van der Waals surface area contributed by atoms with E-state index in [1.807, 2.05) is 20.1 Å². The molecule has 33 heavy (non-hydrogen) atoms. The molecule has 0 spiro atoms. The number of hydrogen-bond donors (Lipinski definition) is 1. The molecule has 4 rings (SSSR count). The van der Waals surface area contributed by atoms with E-state index in [2.05, 4.69) is 61.1 Å².